The van der Waals surface area contributed by atoms with Crippen LogP contribution in [0.3, 0.4) is 0 Å². The average molecular weight is 263 g/mol. The van der Waals surface area contributed by atoms with Crippen molar-refractivity contribution in [2.45, 2.75) is 38.0 Å². The van der Waals surface area contributed by atoms with E-state index in [0.29, 0.717) is 23.1 Å². The first-order chi connectivity index (χ1) is 9.18. The number of likely N-dealkylation sites (tertiary alicyclic amines) is 1. The molecule has 1 amide bonds. The molecule has 0 aromatic carbocycles. The number of H-pyrrole nitrogens is 1. The fraction of sp³-hybridized carbons (Fsp3) is 0.769. The highest BCUT2D eigenvalue weighted by atomic mass is 16.4. The highest BCUT2D eigenvalue weighted by Gasteiger charge is 2.66. The van der Waals surface area contributed by atoms with Crippen LogP contribution in [0.15, 0.2) is 9.21 Å². The normalized spacial score (nSPS) is 28.6. The number of carbonyl (C=O) groups excluding carboxylic acids is 1. The predicted octanol–water partition coefficient (Wildman–Crippen LogP) is 0.869. The molecule has 1 saturated heterocycles. The summed E-state index contributed by atoms with van der Waals surface area (Å²) in [6, 6.07) is 0. The lowest BCUT2D eigenvalue weighted by Crippen LogP contribution is -2.39. The molecule has 1 aliphatic heterocycles. The molecule has 102 valence electrons. The van der Waals surface area contributed by atoms with E-state index in [-0.39, 0.29) is 5.92 Å². The Kier molecular flexibility index (Phi) is 2.20. The first kappa shape index (κ1) is 11.3. The van der Waals surface area contributed by atoms with Gasteiger partial charge in [-0.2, -0.15) is 0 Å². The zero-order valence-corrected chi connectivity index (χ0v) is 10.7. The molecule has 0 bridgehead atoms. The third-order valence-electron chi connectivity index (χ3n) is 4.99. The maximum absolute atomic E-state index is 12.3. The average Bonchev–Trinajstić information content (AvgIpc) is 3.32. The Labute approximate surface area is 110 Å². The zero-order valence-electron chi connectivity index (χ0n) is 10.7. The number of piperidine rings is 1. The number of nitrogens with zero attached hydrogens (tertiary/aromatic N) is 2. The van der Waals surface area contributed by atoms with Gasteiger partial charge in [-0.05, 0) is 37.5 Å². The monoisotopic (exact) mass is 263 g/mol. The van der Waals surface area contributed by atoms with E-state index in [9.17, 15) is 9.59 Å². The van der Waals surface area contributed by atoms with Crippen molar-refractivity contribution < 1.29 is 9.21 Å². The lowest BCUT2D eigenvalue weighted by molar-refractivity contribution is -0.134. The minimum atomic E-state index is -0.498. The van der Waals surface area contributed by atoms with Crippen molar-refractivity contribution in [3.05, 3.63) is 16.4 Å². The molecule has 3 fully saturated rings. The van der Waals surface area contributed by atoms with Crippen LogP contribution in [-0.2, 0) is 4.79 Å². The SMILES string of the molecule is O=C([C@H]1CC12CC2)N1CCC(c2n[nH]c(=O)o2)CC1. The molecule has 19 heavy (non-hydrogen) atoms. The second-order valence-electron chi connectivity index (χ2n) is 6.17. The Balaban J connectivity index is 1.37. The Bertz CT molecular complexity index is 564. The van der Waals surface area contributed by atoms with Crippen molar-refractivity contribution >= 4 is 5.91 Å². The number of carbonyl (C=O) groups is 1. The lowest BCUT2D eigenvalue weighted by Gasteiger charge is -2.30. The van der Waals surface area contributed by atoms with Crippen molar-refractivity contribution in [3.63, 3.8) is 0 Å². The Morgan fingerprint density at radius 3 is 2.63 bits per heavy atom. The summed E-state index contributed by atoms with van der Waals surface area (Å²) in [4.78, 5) is 25.2. The van der Waals surface area contributed by atoms with E-state index in [0.717, 1.165) is 32.4 Å². The summed E-state index contributed by atoms with van der Waals surface area (Å²) >= 11 is 0. The molecule has 4 rings (SSSR count). The van der Waals surface area contributed by atoms with Gasteiger partial charge in [0.25, 0.3) is 0 Å². The smallest absolute Gasteiger partial charge is 0.392 e. The molecule has 1 N–H and O–H groups in total. The fourth-order valence-corrected chi connectivity index (χ4v) is 3.39. The number of aromatic nitrogens is 2. The van der Waals surface area contributed by atoms with Gasteiger partial charge in [0.15, 0.2) is 0 Å². The molecule has 6 nitrogen and oxygen atoms in total. The second-order valence-corrected chi connectivity index (χ2v) is 6.17. The number of hydrogen-bond donors (Lipinski definition) is 1. The first-order valence-corrected chi connectivity index (χ1v) is 7.02. The summed E-state index contributed by atoms with van der Waals surface area (Å²) < 4.78 is 5.00. The fourth-order valence-electron chi connectivity index (χ4n) is 3.39. The van der Waals surface area contributed by atoms with Crippen LogP contribution in [0.25, 0.3) is 0 Å². The highest BCUT2D eigenvalue weighted by Crippen LogP contribution is 2.71. The molecule has 0 unspecified atom stereocenters. The summed E-state index contributed by atoms with van der Waals surface area (Å²) in [7, 11) is 0. The third-order valence-corrected chi connectivity index (χ3v) is 4.99. The largest absolute Gasteiger partial charge is 0.434 e. The summed E-state index contributed by atoms with van der Waals surface area (Å²) in [5.41, 5.74) is 0.433. The van der Waals surface area contributed by atoms with Crippen molar-refractivity contribution in [2.24, 2.45) is 11.3 Å². The van der Waals surface area contributed by atoms with Gasteiger partial charge >= 0.3 is 5.76 Å². The summed E-state index contributed by atoms with van der Waals surface area (Å²) in [5.74, 6) is 0.813. The van der Waals surface area contributed by atoms with Crippen molar-refractivity contribution in [1.82, 2.24) is 15.1 Å². The Morgan fingerprint density at radius 1 is 1.37 bits per heavy atom. The zero-order chi connectivity index (χ0) is 13.0. The van der Waals surface area contributed by atoms with E-state index in [1.165, 1.54) is 12.8 Å². The van der Waals surface area contributed by atoms with Gasteiger partial charge in [0.05, 0.1) is 0 Å². The van der Waals surface area contributed by atoms with Crippen molar-refractivity contribution in [2.75, 3.05) is 13.1 Å². The molecule has 1 aromatic rings. The van der Waals surface area contributed by atoms with Crippen molar-refractivity contribution in [1.29, 1.82) is 0 Å². The first-order valence-electron chi connectivity index (χ1n) is 7.02. The van der Waals surface area contributed by atoms with E-state index >= 15 is 0 Å². The minimum Gasteiger partial charge on any atom is -0.392 e. The van der Waals surface area contributed by atoms with Crippen LogP contribution in [0, 0.1) is 11.3 Å². The van der Waals surface area contributed by atoms with Crippen molar-refractivity contribution in [3.8, 4) is 0 Å². The molecular formula is C13H17N3O3. The van der Waals surface area contributed by atoms with Gasteiger partial charge in [0, 0.05) is 24.9 Å². The minimum absolute atomic E-state index is 0.164. The van der Waals surface area contributed by atoms with Gasteiger partial charge in [0.1, 0.15) is 0 Å². The molecule has 1 atom stereocenters. The number of nitrogens with one attached hydrogen (secondary N) is 1. The Hall–Kier alpha value is -1.59. The van der Waals surface area contributed by atoms with E-state index in [4.69, 9.17) is 4.42 Å². The maximum Gasteiger partial charge on any atom is 0.434 e. The molecule has 3 aliphatic rings. The predicted molar refractivity (Wildman–Crippen MR) is 65.5 cm³/mol. The van der Waals surface area contributed by atoms with Gasteiger partial charge in [-0.3, -0.25) is 4.79 Å². The number of amides is 1. The molecular weight excluding hydrogens is 246 g/mol. The number of hydrogen-bond acceptors (Lipinski definition) is 4. The van der Waals surface area contributed by atoms with E-state index < -0.39 is 5.76 Å². The standard InChI is InChI=1S/C13H17N3O3/c17-11(9-7-13(9)3-4-13)16-5-1-8(2-6-16)10-14-15-12(18)19-10/h8-9H,1-7H2,(H,15,18)/t9-/m1/s1. The summed E-state index contributed by atoms with van der Waals surface area (Å²) in [5, 5.41) is 6.18. The summed E-state index contributed by atoms with van der Waals surface area (Å²) in [6.45, 7) is 1.51. The van der Waals surface area contributed by atoms with Crippen LogP contribution in [0.2, 0.25) is 0 Å². The Morgan fingerprint density at radius 2 is 2.11 bits per heavy atom. The van der Waals surface area contributed by atoms with E-state index in [1.807, 2.05) is 4.90 Å². The van der Waals surface area contributed by atoms with Crippen LogP contribution in [-0.4, -0.2) is 34.1 Å². The molecule has 1 spiro atoms. The topological polar surface area (TPSA) is 79.2 Å². The molecule has 2 saturated carbocycles. The molecule has 0 radical (unpaired) electrons. The van der Waals surface area contributed by atoms with Crippen LogP contribution >= 0.6 is 0 Å². The van der Waals surface area contributed by atoms with Gasteiger partial charge < -0.3 is 9.32 Å². The number of rotatable bonds is 2. The van der Waals surface area contributed by atoms with Gasteiger partial charge in [-0.1, -0.05) is 0 Å². The van der Waals surface area contributed by atoms with Gasteiger partial charge in [0.2, 0.25) is 11.8 Å². The third kappa shape index (κ3) is 1.81. The van der Waals surface area contributed by atoms with Crippen LogP contribution in [0.1, 0.15) is 43.9 Å². The lowest BCUT2D eigenvalue weighted by atomic mass is 9.96. The second kappa shape index (κ2) is 3.71. The van der Waals surface area contributed by atoms with Gasteiger partial charge in [-0.25, -0.2) is 9.89 Å². The van der Waals surface area contributed by atoms with E-state index in [2.05, 4.69) is 10.2 Å². The van der Waals surface area contributed by atoms with Crippen LogP contribution in [0.4, 0.5) is 0 Å². The molecule has 1 aromatic heterocycles. The molecule has 2 heterocycles. The van der Waals surface area contributed by atoms with E-state index in [1.54, 1.807) is 0 Å². The molecule has 6 heteroatoms. The molecule has 2 aliphatic carbocycles. The maximum atomic E-state index is 12.3. The van der Waals surface area contributed by atoms with Crippen LogP contribution in [0.5, 0.6) is 0 Å². The quantitative estimate of drug-likeness (QED) is 0.858. The summed E-state index contributed by atoms with van der Waals surface area (Å²) in [6.07, 6.45) is 5.27. The van der Waals surface area contributed by atoms with Crippen LogP contribution < -0.4 is 5.76 Å². The highest BCUT2D eigenvalue weighted by molar-refractivity contribution is 5.83. The number of aromatic amines is 1. The van der Waals surface area contributed by atoms with Gasteiger partial charge in [-0.15, -0.1) is 5.10 Å².